The number of aliphatic hydroxyl groups is 1. The molecule has 1 amide bonds. The zero-order valence-corrected chi connectivity index (χ0v) is 19.3. The molecular formula is C26H32N2O4. The molecule has 0 saturated carbocycles. The Kier molecular flexibility index (Phi) is 7.70. The van der Waals surface area contributed by atoms with Gasteiger partial charge in [-0.15, -0.1) is 0 Å². The third-order valence-corrected chi connectivity index (χ3v) is 5.61. The van der Waals surface area contributed by atoms with Gasteiger partial charge in [-0.1, -0.05) is 43.3 Å². The van der Waals surface area contributed by atoms with Crippen LogP contribution < -0.4 is 4.74 Å². The zero-order valence-electron chi connectivity index (χ0n) is 19.3. The number of ether oxygens (including phenoxy) is 1. The van der Waals surface area contributed by atoms with Crippen molar-refractivity contribution in [2.45, 2.75) is 32.7 Å². The molecule has 1 unspecified atom stereocenters. The maximum atomic E-state index is 13.1. The van der Waals surface area contributed by atoms with Crippen molar-refractivity contribution in [3.05, 3.63) is 70.8 Å². The molecule has 170 valence electrons. The molecule has 1 N–H and O–H groups in total. The highest BCUT2D eigenvalue weighted by Crippen LogP contribution is 2.40. The summed E-state index contributed by atoms with van der Waals surface area (Å²) in [5, 5.41) is 11.2. The predicted octanol–water partition coefficient (Wildman–Crippen LogP) is 4.16. The van der Waals surface area contributed by atoms with E-state index in [2.05, 4.69) is 0 Å². The van der Waals surface area contributed by atoms with Crippen LogP contribution in [0.15, 0.2) is 54.1 Å². The zero-order chi connectivity index (χ0) is 23.3. The van der Waals surface area contributed by atoms with Crippen molar-refractivity contribution in [2.75, 3.05) is 33.8 Å². The highest BCUT2D eigenvalue weighted by molar-refractivity contribution is 6.46. The average Bonchev–Trinajstić information content (AvgIpc) is 3.02. The lowest BCUT2D eigenvalue weighted by molar-refractivity contribution is -0.139. The van der Waals surface area contributed by atoms with Gasteiger partial charge < -0.3 is 19.6 Å². The molecule has 32 heavy (non-hydrogen) atoms. The second-order valence-electron chi connectivity index (χ2n) is 8.38. The molecule has 6 nitrogen and oxygen atoms in total. The molecule has 1 aliphatic heterocycles. The van der Waals surface area contributed by atoms with Crippen molar-refractivity contribution in [3.63, 3.8) is 0 Å². The smallest absolute Gasteiger partial charge is 0.295 e. The van der Waals surface area contributed by atoms with E-state index in [-0.39, 0.29) is 11.3 Å². The molecule has 1 heterocycles. The van der Waals surface area contributed by atoms with E-state index in [9.17, 15) is 14.7 Å². The molecule has 2 aromatic rings. The molecule has 6 heteroatoms. The fourth-order valence-electron chi connectivity index (χ4n) is 3.99. The van der Waals surface area contributed by atoms with Crippen molar-refractivity contribution in [2.24, 2.45) is 0 Å². The summed E-state index contributed by atoms with van der Waals surface area (Å²) in [4.78, 5) is 29.8. The molecule has 1 atom stereocenters. The summed E-state index contributed by atoms with van der Waals surface area (Å²) < 4.78 is 5.68. The highest BCUT2D eigenvalue weighted by Gasteiger charge is 2.46. The predicted molar refractivity (Wildman–Crippen MR) is 126 cm³/mol. The number of benzene rings is 2. The molecule has 2 aromatic carbocycles. The number of aryl methyl sites for hydroxylation is 1. The standard InChI is InChI=1S/C26H32N2O4/c1-5-16-32-20-12-8-11-19(17-20)24(29)22-23(21-13-7-6-10-18(21)2)28(26(31)25(22)30)15-9-14-27(3)4/h6-8,10-13,17,23,29H,5,9,14-16H2,1-4H3/b24-22+. The van der Waals surface area contributed by atoms with Gasteiger partial charge in [0.1, 0.15) is 11.5 Å². The number of hydrogen-bond acceptors (Lipinski definition) is 5. The first-order valence-corrected chi connectivity index (χ1v) is 11.1. The van der Waals surface area contributed by atoms with Gasteiger partial charge >= 0.3 is 0 Å². The van der Waals surface area contributed by atoms with Crippen LogP contribution >= 0.6 is 0 Å². The van der Waals surface area contributed by atoms with Gasteiger partial charge in [0.15, 0.2) is 0 Å². The van der Waals surface area contributed by atoms with Gasteiger partial charge in [-0.05, 0) is 63.7 Å². The van der Waals surface area contributed by atoms with Gasteiger partial charge in [0.2, 0.25) is 0 Å². The quantitative estimate of drug-likeness (QED) is 0.363. The van der Waals surface area contributed by atoms with Crippen LogP contribution in [-0.2, 0) is 9.59 Å². The van der Waals surface area contributed by atoms with E-state index in [0.29, 0.717) is 24.5 Å². The summed E-state index contributed by atoms with van der Waals surface area (Å²) in [5.74, 6) is -0.783. The van der Waals surface area contributed by atoms with E-state index in [4.69, 9.17) is 4.74 Å². The Labute approximate surface area is 190 Å². The highest BCUT2D eigenvalue weighted by atomic mass is 16.5. The Hall–Kier alpha value is -3.12. The monoisotopic (exact) mass is 436 g/mol. The molecule has 3 rings (SSSR count). The fourth-order valence-corrected chi connectivity index (χ4v) is 3.99. The number of amides is 1. The number of hydrogen-bond donors (Lipinski definition) is 1. The SMILES string of the molecule is CCCOc1cccc(/C(O)=C2\C(=O)C(=O)N(CCCN(C)C)C2c2ccccc2C)c1. The fraction of sp³-hybridized carbons (Fsp3) is 0.385. The Bertz CT molecular complexity index is 1010. The van der Waals surface area contributed by atoms with Gasteiger partial charge in [0.05, 0.1) is 18.2 Å². The molecule has 0 bridgehead atoms. The summed E-state index contributed by atoms with van der Waals surface area (Å²) in [6.45, 7) is 5.75. The lowest BCUT2D eigenvalue weighted by Gasteiger charge is -2.27. The van der Waals surface area contributed by atoms with E-state index < -0.39 is 17.7 Å². The maximum Gasteiger partial charge on any atom is 0.295 e. The lowest BCUT2D eigenvalue weighted by atomic mass is 9.92. The van der Waals surface area contributed by atoms with E-state index in [1.807, 2.05) is 63.2 Å². The molecule has 0 spiro atoms. The van der Waals surface area contributed by atoms with E-state index >= 15 is 0 Å². The van der Waals surface area contributed by atoms with E-state index in [0.717, 1.165) is 30.5 Å². The number of ketones is 1. The third kappa shape index (κ3) is 5.02. The van der Waals surface area contributed by atoms with Gasteiger partial charge in [-0.25, -0.2) is 0 Å². The van der Waals surface area contributed by atoms with Crippen molar-refractivity contribution in [1.82, 2.24) is 9.80 Å². The molecule has 1 fully saturated rings. The Morgan fingerprint density at radius 2 is 1.88 bits per heavy atom. The van der Waals surface area contributed by atoms with Crippen molar-refractivity contribution in [1.29, 1.82) is 0 Å². The van der Waals surface area contributed by atoms with Crippen LogP contribution in [0, 0.1) is 6.92 Å². The first-order valence-electron chi connectivity index (χ1n) is 11.1. The Morgan fingerprint density at radius 1 is 1.12 bits per heavy atom. The second kappa shape index (κ2) is 10.5. The Morgan fingerprint density at radius 3 is 2.56 bits per heavy atom. The summed E-state index contributed by atoms with van der Waals surface area (Å²) in [5.41, 5.74) is 2.39. The van der Waals surface area contributed by atoms with Crippen LogP contribution in [0.3, 0.4) is 0 Å². The number of rotatable bonds is 9. The van der Waals surface area contributed by atoms with Gasteiger partial charge in [-0.2, -0.15) is 0 Å². The molecule has 0 radical (unpaired) electrons. The number of likely N-dealkylation sites (tertiary alicyclic amines) is 1. The number of carbonyl (C=O) groups excluding carboxylic acids is 2. The minimum atomic E-state index is -0.652. The summed E-state index contributed by atoms with van der Waals surface area (Å²) >= 11 is 0. The molecule has 0 aromatic heterocycles. The van der Waals surface area contributed by atoms with Gasteiger partial charge in [0.25, 0.3) is 11.7 Å². The first-order chi connectivity index (χ1) is 15.3. The largest absolute Gasteiger partial charge is 0.507 e. The van der Waals surface area contributed by atoms with Crippen LogP contribution in [0.1, 0.15) is 42.5 Å². The summed E-state index contributed by atoms with van der Waals surface area (Å²) in [6.07, 6.45) is 1.59. The number of aliphatic hydroxyl groups excluding tert-OH is 1. The lowest BCUT2D eigenvalue weighted by Crippen LogP contribution is -2.32. The summed E-state index contributed by atoms with van der Waals surface area (Å²) in [6, 6.07) is 14.1. The van der Waals surface area contributed by atoms with Crippen LogP contribution in [-0.4, -0.2) is 60.4 Å². The first kappa shape index (κ1) is 23.5. The normalized spacial score (nSPS) is 17.9. The molecule has 0 aliphatic carbocycles. The van der Waals surface area contributed by atoms with Crippen LogP contribution in [0.25, 0.3) is 5.76 Å². The van der Waals surface area contributed by atoms with Gasteiger partial charge in [0, 0.05) is 12.1 Å². The van der Waals surface area contributed by atoms with Crippen LogP contribution in [0.5, 0.6) is 5.75 Å². The minimum absolute atomic E-state index is 0.127. The van der Waals surface area contributed by atoms with Crippen molar-refractivity contribution >= 4 is 17.4 Å². The third-order valence-electron chi connectivity index (χ3n) is 5.61. The van der Waals surface area contributed by atoms with Crippen LogP contribution in [0.4, 0.5) is 0 Å². The number of carbonyl (C=O) groups is 2. The second-order valence-corrected chi connectivity index (χ2v) is 8.38. The topological polar surface area (TPSA) is 70.1 Å². The molecular weight excluding hydrogens is 404 g/mol. The minimum Gasteiger partial charge on any atom is -0.507 e. The van der Waals surface area contributed by atoms with Crippen molar-refractivity contribution < 1.29 is 19.4 Å². The summed E-state index contributed by atoms with van der Waals surface area (Å²) in [7, 11) is 3.95. The van der Waals surface area contributed by atoms with Gasteiger partial charge in [-0.3, -0.25) is 9.59 Å². The van der Waals surface area contributed by atoms with Crippen LogP contribution in [0.2, 0.25) is 0 Å². The number of nitrogens with zero attached hydrogens (tertiary/aromatic N) is 2. The van der Waals surface area contributed by atoms with E-state index in [1.165, 1.54) is 0 Å². The Balaban J connectivity index is 2.08. The number of Topliss-reactive ketones (excluding diaryl/α,β-unsaturated/α-hetero) is 1. The maximum absolute atomic E-state index is 13.1. The van der Waals surface area contributed by atoms with E-state index in [1.54, 1.807) is 23.1 Å². The van der Waals surface area contributed by atoms with Crippen molar-refractivity contribution in [3.8, 4) is 5.75 Å². The molecule has 1 aliphatic rings. The average molecular weight is 437 g/mol. The molecule has 1 saturated heterocycles.